The Labute approximate surface area is 163 Å². The molecule has 3 rings (SSSR count). The first kappa shape index (κ1) is 19.3. The summed E-state index contributed by atoms with van der Waals surface area (Å²) >= 11 is 0. The van der Waals surface area contributed by atoms with Crippen molar-refractivity contribution in [1.29, 1.82) is 0 Å². The minimum atomic E-state index is -0.955. The van der Waals surface area contributed by atoms with Gasteiger partial charge in [0.15, 0.2) is 0 Å². The van der Waals surface area contributed by atoms with Crippen molar-refractivity contribution >= 4 is 11.8 Å². The third kappa shape index (κ3) is 3.93. The van der Waals surface area contributed by atoms with Gasteiger partial charge < -0.3 is 11.1 Å². The van der Waals surface area contributed by atoms with Crippen molar-refractivity contribution in [3.63, 3.8) is 0 Å². The Balaban J connectivity index is 1.90. The van der Waals surface area contributed by atoms with Crippen LogP contribution >= 0.6 is 0 Å². The van der Waals surface area contributed by atoms with Gasteiger partial charge in [0.05, 0.1) is 5.69 Å². The summed E-state index contributed by atoms with van der Waals surface area (Å²) in [4.78, 5) is 28.8. The highest BCUT2D eigenvalue weighted by atomic mass is 16.2. The minimum Gasteiger partial charge on any atom is -0.368 e. The van der Waals surface area contributed by atoms with Crippen LogP contribution in [0.5, 0.6) is 0 Å². The normalized spacial score (nSPS) is 12.0. The number of benzene rings is 2. The van der Waals surface area contributed by atoms with Crippen molar-refractivity contribution < 1.29 is 9.59 Å². The summed E-state index contributed by atoms with van der Waals surface area (Å²) in [5.41, 5.74) is 8.05. The molecule has 0 aliphatic rings. The van der Waals surface area contributed by atoms with Crippen LogP contribution in [0.1, 0.15) is 53.4 Å². The van der Waals surface area contributed by atoms with Crippen molar-refractivity contribution in [2.24, 2.45) is 5.73 Å². The molecular weight excluding hydrogens is 354 g/mol. The van der Waals surface area contributed by atoms with Gasteiger partial charge in [0.1, 0.15) is 11.9 Å². The predicted molar refractivity (Wildman–Crippen MR) is 106 cm³/mol. The molecular formula is C21H23N5O2. The van der Waals surface area contributed by atoms with E-state index in [1.165, 1.54) is 0 Å². The fraction of sp³-hybridized carbons (Fsp3) is 0.238. The van der Waals surface area contributed by atoms with Gasteiger partial charge in [0.25, 0.3) is 5.91 Å². The third-order valence-corrected chi connectivity index (χ3v) is 4.45. The molecule has 0 saturated heterocycles. The number of para-hydroxylation sites is 1. The molecule has 7 heteroatoms. The van der Waals surface area contributed by atoms with Crippen LogP contribution in [0.2, 0.25) is 0 Å². The number of hydrogen-bond donors (Lipinski definition) is 2. The molecule has 0 aliphatic carbocycles. The van der Waals surface area contributed by atoms with E-state index >= 15 is 0 Å². The second-order valence-electron chi connectivity index (χ2n) is 6.83. The molecule has 144 valence electrons. The predicted octanol–water partition coefficient (Wildman–Crippen LogP) is 2.66. The number of aryl methyl sites for hydroxylation is 1. The molecule has 7 nitrogen and oxygen atoms in total. The average Bonchev–Trinajstić information content (AvgIpc) is 3.08. The van der Waals surface area contributed by atoms with Crippen LogP contribution in [-0.2, 0) is 4.79 Å². The monoisotopic (exact) mass is 377 g/mol. The number of primary amides is 1. The lowest BCUT2D eigenvalue weighted by Gasteiger charge is -2.14. The number of amides is 2. The molecule has 3 N–H and O–H groups in total. The van der Waals surface area contributed by atoms with Crippen LogP contribution in [0.15, 0.2) is 54.6 Å². The third-order valence-electron chi connectivity index (χ3n) is 4.45. The quantitative estimate of drug-likeness (QED) is 0.689. The number of aromatic nitrogens is 3. The van der Waals surface area contributed by atoms with Crippen LogP contribution in [0.25, 0.3) is 5.69 Å². The van der Waals surface area contributed by atoms with Gasteiger partial charge in [-0.15, -0.1) is 5.10 Å². The summed E-state index contributed by atoms with van der Waals surface area (Å²) in [5.74, 6) is -0.362. The number of carbonyl (C=O) groups is 2. The highest BCUT2D eigenvalue weighted by Gasteiger charge is 2.24. The lowest BCUT2D eigenvalue weighted by atomic mass is 10.0. The fourth-order valence-electron chi connectivity index (χ4n) is 3.04. The molecule has 1 heterocycles. The molecule has 3 aromatic rings. The zero-order chi connectivity index (χ0) is 20.3. The van der Waals surface area contributed by atoms with E-state index in [1.807, 2.05) is 30.3 Å². The van der Waals surface area contributed by atoms with E-state index in [0.29, 0.717) is 11.4 Å². The van der Waals surface area contributed by atoms with Gasteiger partial charge in [0, 0.05) is 0 Å². The van der Waals surface area contributed by atoms with E-state index in [2.05, 4.69) is 29.2 Å². The molecule has 2 amide bonds. The maximum absolute atomic E-state index is 12.7. The van der Waals surface area contributed by atoms with Crippen molar-refractivity contribution in [2.75, 3.05) is 0 Å². The zero-order valence-corrected chi connectivity index (χ0v) is 16.1. The summed E-state index contributed by atoms with van der Waals surface area (Å²) in [6.07, 6.45) is 0. The second kappa shape index (κ2) is 8.04. The average molecular weight is 377 g/mol. The first-order chi connectivity index (χ1) is 13.4. The van der Waals surface area contributed by atoms with Crippen LogP contribution in [0.4, 0.5) is 0 Å². The van der Waals surface area contributed by atoms with E-state index in [4.69, 9.17) is 5.73 Å². The van der Waals surface area contributed by atoms with E-state index in [-0.39, 0.29) is 11.7 Å². The Morgan fingerprint density at radius 2 is 1.68 bits per heavy atom. The molecule has 1 unspecified atom stereocenters. The molecule has 1 aromatic heterocycles. The topological polar surface area (TPSA) is 103 Å². The van der Waals surface area contributed by atoms with Gasteiger partial charge >= 0.3 is 0 Å². The Bertz CT molecular complexity index is 995. The summed E-state index contributed by atoms with van der Waals surface area (Å²) in [7, 11) is 0. The Hall–Kier alpha value is -3.48. The summed E-state index contributed by atoms with van der Waals surface area (Å²) in [6, 6.07) is 15.7. The zero-order valence-electron chi connectivity index (χ0n) is 16.1. The molecule has 28 heavy (non-hydrogen) atoms. The fourth-order valence-corrected chi connectivity index (χ4v) is 3.04. The Morgan fingerprint density at radius 1 is 1.04 bits per heavy atom. The molecule has 0 spiro atoms. The van der Waals surface area contributed by atoms with E-state index in [0.717, 1.165) is 11.3 Å². The Kier molecular flexibility index (Phi) is 5.54. The van der Waals surface area contributed by atoms with Crippen molar-refractivity contribution in [3.05, 3.63) is 77.4 Å². The smallest absolute Gasteiger partial charge is 0.291 e. The second-order valence-corrected chi connectivity index (χ2v) is 6.83. The largest absolute Gasteiger partial charge is 0.368 e. The van der Waals surface area contributed by atoms with E-state index < -0.39 is 17.9 Å². The van der Waals surface area contributed by atoms with Gasteiger partial charge in [0.2, 0.25) is 11.7 Å². The number of nitrogens with zero attached hydrogens (tertiary/aromatic N) is 3. The first-order valence-electron chi connectivity index (χ1n) is 9.06. The van der Waals surface area contributed by atoms with Gasteiger partial charge in [-0.05, 0) is 30.0 Å². The summed E-state index contributed by atoms with van der Waals surface area (Å²) in [6.45, 7) is 5.97. The van der Waals surface area contributed by atoms with E-state index in [1.54, 1.807) is 35.9 Å². The Morgan fingerprint density at radius 3 is 2.32 bits per heavy atom. The minimum absolute atomic E-state index is 0.0155. The molecule has 0 saturated carbocycles. The molecule has 1 atom stereocenters. The molecule has 0 fully saturated rings. The van der Waals surface area contributed by atoms with Crippen molar-refractivity contribution in [2.45, 2.75) is 32.7 Å². The molecule has 2 aromatic carbocycles. The van der Waals surface area contributed by atoms with Crippen LogP contribution in [0.3, 0.4) is 0 Å². The van der Waals surface area contributed by atoms with Gasteiger partial charge in [-0.25, -0.2) is 9.67 Å². The molecule has 0 aliphatic heterocycles. The summed E-state index contributed by atoms with van der Waals surface area (Å²) < 4.78 is 1.64. The lowest BCUT2D eigenvalue weighted by molar-refractivity contribution is -0.120. The van der Waals surface area contributed by atoms with Crippen LogP contribution in [0, 0.1) is 6.92 Å². The SMILES string of the molecule is Cc1nc(C(=O)NC(C(N)=O)c2ccccc2)nn1-c1ccccc1C(C)C. The van der Waals surface area contributed by atoms with Crippen molar-refractivity contribution in [3.8, 4) is 5.69 Å². The first-order valence-corrected chi connectivity index (χ1v) is 9.06. The molecule has 0 bridgehead atoms. The number of nitrogens with one attached hydrogen (secondary N) is 1. The highest BCUT2D eigenvalue weighted by Crippen LogP contribution is 2.23. The van der Waals surface area contributed by atoms with E-state index in [9.17, 15) is 9.59 Å². The highest BCUT2D eigenvalue weighted by molar-refractivity contribution is 5.94. The van der Waals surface area contributed by atoms with Gasteiger partial charge in [-0.2, -0.15) is 0 Å². The van der Waals surface area contributed by atoms with Crippen molar-refractivity contribution in [1.82, 2.24) is 20.1 Å². The maximum atomic E-state index is 12.7. The molecule has 0 radical (unpaired) electrons. The standard InChI is InChI=1S/C21H23N5O2/c1-13(2)16-11-7-8-12-17(16)26-14(3)23-20(25-26)21(28)24-18(19(22)27)15-9-5-4-6-10-15/h4-13,18H,1-3H3,(H2,22,27)(H,24,28). The summed E-state index contributed by atoms with van der Waals surface area (Å²) in [5, 5.41) is 7.00. The number of nitrogens with two attached hydrogens (primary N) is 1. The lowest BCUT2D eigenvalue weighted by Crippen LogP contribution is -2.38. The maximum Gasteiger partial charge on any atom is 0.291 e. The number of rotatable bonds is 6. The van der Waals surface area contributed by atoms with Gasteiger partial charge in [-0.3, -0.25) is 9.59 Å². The van der Waals surface area contributed by atoms with Gasteiger partial charge in [-0.1, -0.05) is 62.4 Å². The number of hydrogen-bond acceptors (Lipinski definition) is 4. The van der Waals surface area contributed by atoms with Crippen LogP contribution < -0.4 is 11.1 Å². The number of carbonyl (C=O) groups excluding carboxylic acids is 2. The van der Waals surface area contributed by atoms with Crippen LogP contribution in [-0.4, -0.2) is 26.6 Å².